The fourth-order valence-corrected chi connectivity index (χ4v) is 1.35. The second-order valence-electron chi connectivity index (χ2n) is 2.24. The summed E-state index contributed by atoms with van der Waals surface area (Å²) < 4.78 is 10.4. The van der Waals surface area contributed by atoms with E-state index in [1.807, 2.05) is 0 Å². The van der Waals surface area contributed by atoms with Crippen LogP contribution in [0.3, 0.4) is 0 Å². The number of carbonyl (C=O) groups excluding carboxylic acids is 1. The van der Waals surface area contributed by atoms with Crippen LogP contribution in [0.5, 0.6) is 0 Å². The average molecular weight is 254 g/mol. The van der Waals surface area contributed by atoms with Gasteiger partial charge in [0.2, 0.25) is 7.60 Å². The monoisotopic (exact) mass is 254 g/mol. The van der Waals surface area contributed by atoms with E-state index >= 15 is 0 Å². The summed E-state index contributed by atoms with van der Waals surface area (Å²) in [7, 11) is -4.28. The van der Waals surface area contributed by atoms with Crippen LogP contribution in [0, 0.1) is 11.6 Å². The van der Waals surface area contributed by atoms with E-state index < -0.39 is 13.5 Å². The first kappa shape index (κ1) is 14.3. The Hall–Kier alpha value is 0.794. The Labute approximate surface area is 90.8 Å². The summed E-state index contributed by atoms with van der Waals surface area (Å²) in [6.45, 7) is 3.12. The Morgan fingerprint density at radius 3 is 1.82 bits per heavy atom. The quantitative estimate of drug-likeness (QED) is 0.438. The zero-order valence-corrected chi connectivity index (χ0v) is 10.1. The second kappa shape index (κ2) is 5.44. The van der Waals surface area contributed by atoms with Gasteiger partial charge in [0, 0.05) is 32.7 Å². The summed E-state index contributed by atoms with van der Waals surface area (Å²) in [5, 5.41) is 0. The van der Waals surface area contributed by atoms with Gasteiger partial charge in [0.05, 0.1) is 0 Å². The topological polar surface area (TPSA) is 74.6 Å². The van der Waals surface area contributed by atoms with Crippen LogP contribution in [0.4, 0.5) is 0 Å². The van der Waals surface area contributed by atoms with Gasteiger partial charge in [-0.3, -0.25) is 4.57 Å². The van der Waals surface area contributed by atoms with Crippen molar-refractivity contribution in [1.29, 1.82) is 0 Å². The zero-order valence-electron chi connectivity index (χ0n) is 6.39. The molecule has 0 aliphatic rings. The molecule has 6 heteroatoms. The van der Waals surface area contributed by atoms with Crippen LogP contribution in [0.2, 0.25) is 0 Å². The third-order valence-electron chi connectivity index (χ3n) is 1.05. The van der Waals surface area contributed by atoms with E-state index in [1.54, 1.807) is 13.8 Å². The first-order valence-corrected chi connectivity index (χ1v) is 4.39. The van der Waals surface area contributed by atoms with Crippen LogP contribution in [0.25, 0.3) is 0 Å². The van der Waals surface area contributed by atoms with Crippen molar-refractivity contribution in [3.8, 4) is 0 Å². The van der Waals surface area contributed by atoms with Crippen molar-refractivity contribution < 1.29 is 51.9 Å². The van der Waals surface area contributed by atoms with E-state index in [2.05, 4.69) is 0 Å². The molecule has 0 atom stereocenters. The van der Waals surface area contributed by atoms with Crippen molar-refractivity contribution in [2.45, 2.75) is 13.8 Å². The van der Waals surface area contributed by atoms with Gasteiger partial charge in [0.25, 0.3) is 0 Å². The number of hydrogen-bond acceptors (Lipinski definition) is 2. The summed E-state index contributed by atoms with van der Waals surface area (Å²) in [5.74, 6) is -0.390. The molecular formula is C5H10O4PY-. The van der Waals surface area contributed by atoms with Crippen LogP contribution in [-0.2, 0) is 42.1 Å². The summed E-state index contributed by atoms with van der Waals surface area (Å²) >= 11 is 0. The molecule has 0 aromatic carbocycles. The van der Waals surface area contributed by atoms with Crippen molar-refractivity contribution in [3.05, 3.63) is 5.66 Å². The Morgan fingerprint density at radius 1 is 1.45 bits per heavy atom. The van der Waals surface area contributed by atoms with Crippen molar-refractivity contribution in [2.75, 3.05) is 0 Å². The Bertz CT molecular complexity index is 164. The van der Waals surface area contributed by atoms with E-state index in [0.29, 0.717) is 0 Å². The molecule has 0 spiro atoms. The molecule has 0 bridgehead atoms. The molecule has 63 valence electrons. The minimum Gasteiger partial charge on any atom is -0.345 e. The first-order chi connectivity index (χ1) is 4.39. The Morgan fingerprint density at radius 2 is 1.82 bits per heavy atom. The predicted molar refractivity (Wildman–Crippen MR) is 36.2 cm³/mol. The largest absolute Gasteiger partial charge is 0.345 e. The molecule has 0 unspecified atom stereocenters. The molecule has 11 heavy (non-hydrogen) atoms. The zero-order chi connectivity index (χ0) is 8.36. The SMILES string of the molecule is CC(C)[C-](C=O)P(=O)(O)O.[Y]. The van der Waals surface area contributed by atoms with Crippen LogP contribution >= 0.6 is 7.60 Å². The maximum absolute atomic E-state index is 10.4. The fourth-order valence-electron chi connectivity index (χ4n) is 0.541. The minimum absolute atomic E-state index is 0. The predicted octanol–water partition coefficient (Wildman–Crippen LogP) is 0.548. The molecule has 1 radical (unpaired) electrons. The van der Waals surface area contributed by atoms with Gasteiger partial charge in [-0.25, -0.2) is 0 Å². The van der Waals surface area contributed by atoms with E-state index in [1.165, 1.54) is 0 Å². The molecular weight excluding hydrogens is 244 g/mol. The summed E-state index contributed by atoms with van der Waals surface area (Å²) in [6, 6.07) is 0. The Kier molecular flexibility index (Phi) is 7.09. The normalized spacial score (nSPS) is 10.6. The molecule has 2 N–H and O–H groups in total. The maximum Gasteiger partial charge on any atom is 0.207 e. The molecule has 0 fully saturated rings. The van der Waals surface area contributed by atoms with Gasteiger partial charge in [-0.1, -0.05) is 13.8 Å². The van der Waals surface area contributed by atoms with Crippen LogP contribution in [0.1, 0.15) is 13.8 Å². The van der Waals surface area contributed by atoms with E-state index in [-0.39, 0.29) is 44.7 Å². The van der Waals surface area contributed by atoms with Gasteiger partial charge in [0.1, 0.15) is 0 Å². The van der Waals surface area contributed by atoms with E-state index in [0.717, 1.165) is 0 Å². The summed E-state index contributed by atoms with van der Waals surface area (Å²) in [6.07, 6.45) is 0.228. The molecule has 0 aromatic rings. The van der Waals surface area contributed by atoms with Crippen LogP contribution < -0.4 is 0 Å². The standard InChI is InChI=1S/C5H10O4P.Y/c1-4(2)5(3-6)10(7,8)9;/h3-4H,1-2H3,(H2,7,8,9);/q-1;. The molecule has 0 heterocycles. The fraction of sp³-hybridized carbons (Fsp3) is 0.600. The molecule has 0 saturated heterocycles. The summed E-state index contributed by atoms with van der Waals surface area (Å²) in [4.78, 5) is 27.0. The van der Waals surface area contributed by atoms with E-state index in [9.17, 15) is 9.36 Å². The van der Waals surface area contributed by atoms with Crippen molar-refractivity contribution in [1.82, 2.24) is 0 Å². The van der Waals surface area contributed by atoms with Gasteiger partial charge in [-0.05, 0) is 6.29 Å². The third kappa shape index (κ3) is 5.10. The van der Waals surface area contributed by atoms with Gasteiger partial charge in [0.15, 0.2) is 0 Å². The molecule has 0 rings (SSSR count). The first-order valence-electron chi connectivity index (χ1n) is 2.77. The third-order valence-corrected chi connectivity index (χ3v) is 2.34. The molecule has 0 aromatic heterocycles. The van der Waals surface area contributed by atoms with Gasteiger partial charge in [-0.2, -0.15) is 5.66 Å². The van der Waals surface area contributed by atoms with Crippen LogP contribution in [0.15, 0.2) is 0 Å². The Balaban J connectivity index is 0. The molecule has 0 amide bonds. The molecule has 0 aliphatic carbocycles. The number of rotatable bonds is 3. The summed E-state index contributed by atoms with van der Waals surface area (Å²) in [5.41, 5.74) is -0.340. The molecule has 0 aliphatic heterocycles. The van der Waals surface area contributed by atoms with Crippen molar-refractivity contribution in [2.24, 2.45) is 5.92 Å². The number of carbonyl (C=O) groups is 1. The minimum atomic E-state index is -4.28. The maximum atomic E-state index is 10.4. The molecule has 0 saturated carbocycles. The number of hydrogen-bond donors (Lipinski definition) is 2. The van der Waals surface area contributed by atoms with Gasteiger partial charge < -0.3 is 14.6 Å². The second-order valence-corrected chi connectivity index (χ2v) is 3.85. The van der Waals surface area contributed by atoms with E-state index in [4.69, 9.17) is 9.79 Å². The van der Waals surface area contributed by atoms with Crippen molar-refractivity contribution in [3.63, 3.8) is 0 Å². The smallest absolute Gasteiger partial charge is 0.207 e. The molecule has 4 nitrogen and oxygen atoms in total. The van der Waals surface area contributed by atoms with Crippen molar-refractivity contribution >= 4 is 13.9 Å². The van der Waals surface area contributed by atoms with Gasteiger partial charge in [-0.15, -0.1) is 5.92 Å². The number of aldehydes is 1. The average Bonchev–Trinajstić information content (AvgIpc) is 1.60. The van der Waals surface area contributed by atoms with Crippen LogP contribution in [-0.4, -0.2) is 16.1 Å². The van der Waals surface area contributed by atoms with Gasteiger partial charge >= 0.3 is 0 Å².